The fraction of sp³-hybridized carbons (Fsp3) is 0.600. The van der Waals surface area contributed by atoms with Crippen molar-refractivity contribution in [1.82, 2.24) is 4.90 Å². The van der Waals surface area contributed by atoms with Crippen LogP contribution in [0.1, 0.15) is 32.1 Å². The summed E-state index contributed by atoms with van der Waals surface area (Å²) in [5.41, 5.74) is 1.04. The lowest BCUT2D eigenvalue weighted by molar-refractivity contribution is 0.198. The molecule has 0 spiro atoms. The normalized spacial score (nSPS) is 17.1. The van der Waals surface area contributed by atoms with E-state index in [1.807, 2.05) is 24.3 Å². The number of benzene rings is 1. The first kappa shape index (κ1) is 13.7. The van der Waals surface area contributed by atoms with Crippen LogP contribution in [0.15, 0.2) is 24.3 Å². The Morgan fingerprint density at radius 2 is 1.94 bits per heavy atom. The van der Waals surface area contributed by atoms with Crippen LogP contribution in [0.4, 0.5) is 5.69 Å². The fourth-order valence-electron chi connectivity index (χ4n) is 2.68. The van der Waals surface area contributed by atoms with Gasteiger partial charge in [-0.2, -0.15) is 0 Å². The number of anilines is 1. The Kier molecular flexibility index (Phi) is 5.33. The largest absolute Gasteiger partial charge is 0.383 e. The summed E-state index contributed by atoms with van der Waals surface area (Å²) in [6.07, 6.45) is 6.94. The van der Waals surface area contributed by atoms with E-state index < -0.39 is 0 Å². The molecular formula is C15H23ClN2. The molecule has 1 saturated carbocycles. The lowest BCUT2D eigenvalue weighted by atomic mass is 9.94. The number of rotatable bonds is 5. The van der Waals surface area contributed by atoms with Gasteiger partial charge in [0.25, 0.3) is 0 Å². The van der Waals surface area contributed by atoms with Crippen LogP contribution in [-0.2, 0) is 0 Å². The van der Waals surface area contributed by atoms with Crippen LogP contribution in [0.3, 0.4) is 0 Å². The third kappa shape index (κ3) is 3.89. The second-order valence-corrected chi connectivity index (χ2v) is 5.59. The van der Waals surface area contributed by atoms with Crippen molar-refractivity contribution in [1.29, 1.82) is 0 Å². The Morgan fingerprint density at radius 1 is 1.22 bits per heavy atom. The van der Waals surface area contributed by atoms with Gasteiger partial charge in [0.15, 0.2) is 0 Å². The van der Waals surface area contributed by atoms with Gasteiger partial charge in [-0.1, -0.05) is 43.0 Å². The van der Waals surface area contributed by atoms with Crippen molar-refractivity contribution < 1.29 is 0 Å². The SMILES string of the molecule is CN(CCNc1ccccc1Cl)C1CCCCC1. The Morgan fingerprint density at radius 3 is 2.67 bits per heavy atom. The molecule has 1 aromatic rings. The molecule has 2 nitrogen and oxygen atoms in total. The van der Waals surface area contributed by atoms with Crippen LogP contribution >= 0.6 is 11.6 Å². The monoisotopic (exact) mass is 266 g/mol. The molecule has 0 amide bonds. The van der Waals surface area contributed by atoms with Gasteiger partial charge in [0.2, 0.25) is 0 Å². The smallest absolute Gasteiger partial charge is 0.0637 e. The molecule has 18 heavy (non-hydrogen) atoms. The molecule has 0 heterocycles. The summed E-state index contributed by atoms with van der Waals surface area (Å²) < 4.78 is 0. The number of nitrogens with one attached hydrogen (secondary N) is 1. The van der Waals surface area contributed by atoms with Gasteiger partial charge < -0.3 is 10.2 Å². The molecule has 100 valence electrons. The van der Waals surface area contributed by atoms with Crippen molar-refractivity contribution in [3.63, 3.8) is 0 Å². The van der Waals surface area contributed by atoms with Gasteiger partial charge in [0, 0.05) is 19.1 Å². The van der Waals surface area contributed by atoms with E-state index in [1.165, 1.54) is 32.1 Å². The van der Waals surface area contributed by atoms with Gasteiger partial charge in [0.05, 0.1) is 10.7 Å². The predicted octanol–water partition coefficient (Wildman–Crippen LogP) is 4.02. The third-order valence-electron chi connectivity index (χ3n) is 3.85. The maximum atomic E-state index is 6.11. The maximum absolute atomic E-state index is 6.11. The fourth-order valence-corrected chi connectivity index (χ4v) is 2.88. The Labute approximate surface area is 115 Å². The highest BCUT2D eigenvalue weighted by atomic mass is 35.5. The zero-order valence-electron chi connectivity index (χ0n) is 11.2. The molecule has 0 aromatic heterocycles. The van der Waals surface area contributed by atoms with Gasteiger partial charge in [-0.05, 0) is 32.0 Å². The Hall–Kier alpha value is -0.730. The number of likely N-dealkylation sites (N-methyl/N-ethyl adjacent to an activating group) is 1. The van der Waals surface area contributed by atoms with E-state index in [0.717, 1.165) is 29.8 Å². The van der Waals surface area contributed by atoms with Gasteiger partial charge in [-0.15, -0.1) is 0 Å². The van der Waals surface area contributed by atoms with E-state index in [0.29, 0.717) is 0 Å². The lowest BCUT2D eigenvalue weighted by Gasteiger charge is -2.31. The van der Waals surface area contributed by atoms with Crippen LogP contribution in [-0.4, -0.2) is 31.1 Å². The first-order chi connectivity index (χ1) is 8.77. The van der Waals surface area contributed by atoms with Crippen LogP contribution in [0.25, 0.3) is 0 Å². The molecular weight excluding hydrogens is 244 g/mol. The number of hydrogen-bond acceptors (Lipinski definition) is 2. The highest BCUT2D eigenvalue weighted by Gasteiger charge is 2.17. The quantitative estimate of drug-likeness (QED) is 0.866. The highest BCUT2D eigenvalue weighted by Crippen LogP contribution is 2.22. The van der Waals surface area contributed by atoms with Gasteiger partial charge in [0.1, 0.15) is 0 Å². The molecule has 1 fully saturated rings. The topological polar surface area (TPSA) is 15.3 Å². The van der Waals surface area contributed by atoms with Gasteiger partial charge in [-0.3, -0.25) is 0 Å². The molecule has 1 aromatic carbocycles. The lowest BCUT2D eigenvalue weighted by Crippen LogP contribution is -2.36. The minimum absolute atomic E-state index is 0.784. The van der Waals surface area contributed by atoms with Crippen molar-refractivity contribution in [3.8, 4) is 0 Å². The second kappa shape index (κ2) is 7.01. The molecule has 0 saturated heterocycles. The molecule has 1 N–H and O–H groups in total. The maximum Gasteiger partial charge on any atom is 0.0637 e. The van der Waals surface area contributed by atoms with E-state index >= 15 is 0 Å². The molecule has 0 unspecified atom stereocenters. The molecule has 0 aliphatic heterocycles. The molecule has 0 radical (unpaired) electrons. The summed E-state index contributed by atoms with van der Waals surface area (Å²) in [6.45, 7) is 2.03. The van der Waals surface area contributed by atoms with Crippen LogP contribution in [0, 0.1) is 0 Å². The minimum atomic E-state index is 0.784. The summed E-state index contributed by atoms with van der Waals surface area (Å²) in [5, 5.41) is 4.21. The number of nitrogens with zero attached hydrogens (tertiary/aromatic N) is 1. The molecule has 3 heteroatoms. The highest BCUT2D eigenvalue weighted by molar-refractivity contribution is 6.33. The summed E-state index contributed by atoms with van der Waals surface area (Å²) in [4.78, 5) is 2.49. The summed E-state index contributed by atoms with van der Waals surface area (Å²) in [5.74, 6) is 0. The summed E-state index contributed by atoms with van der Waals surface area (Å²) >= 11 is 6.11. The van der Waals surface area contributed by atoms with Crippen LogP contribution in [0.2, 0.25) is 5.02 Å². The molecule has 0 bridgehead atoms. The Balaban J connectivity index is 1.73. The average Bonchev–Trinajstić information content (AvgIpc) is 2.42. The van der Waals surface area contributed by atoms with Gasteiger partial charge in [-0.25, -0.2) is 0 Å². The van der Waals surface area contributed by atoms with E-state index in [4.69, 9.17) is 11.6 Å². The van der Waals surface area contributed by atoms with Gasteiger partial charge >= 0.3 is 0 Å². The molecule has 1 aliphatic carbocycles. The van der Waals surface area contributed by atoms with Crippen molar-refractivity contribution >= 4 is 17.3 Å². The standard InChI is InChI=1S/C15H23ClN2/c1-18(13-7-3-2-4-8-13)12-11-17-15-10-6-5-9-14(15)16/h5-6,9-10,13,17H,2-4,7-8,11-12H2,1H3. The number of hydrogen-bond donors (Lipinski definition) is 1. The van der Waals surface area contributed by atoms with Crippen molar-refractivity contribution in [2.45, 2.75) is 38.1 Å². The summed E-state index contributed by atoms with van der Waals surface area (Å²) in [7, 11) is 2.24. The Bertz CT molecular complexity index is 361. The minimum Gasteiger partial charge on any atom is -0.383 e. The van der Waals surface area contributed by atoms with E-state index in [9.17, 15) is 0 Å². The van der Waals surface area contributed by atoms with E-state index in [2.05, 4.69) is 17.3 Å². The second-order valence-electron chi connectivity index (χ2n) is 5.18. The van der Waals surface area contributed by atoms with Crippen molar-refractivity contribution in [2.24, 2.45) is 0 Å². The van der Waals surface area contributed by atoms with E-state index in [1.54, 1.807) is 0 Å². The number of halogens is 1. The zero-order valence-corrected chi connectivity index (χ0v) is 11.9. The molecule has 0 atom stereocenters. The first-order valence-electron chi connectivity index (χ1n) is 6.96. The summed E-state index contributed by atoms with van der Waals surface area (Å²) in [6, 6.07) is 8.71. The molecule has 2 rings (SSSR count). The van der Waals surface area contributed by atoms with Crippen LogP contribution in [0.5, 0.6) is 0 Å². The zero-order chi connectivity index (χ0) is 12.8. The van der Waals surface area contributed by atoms with Crippen LogP contribution < -0.4 is 5.32 Å². The average molecular weight is 267 g/mol. The van der Waals surface area contributed by atoms with Crippen molar-refractivity contribution in [3.05, 3.63) is 29.3 Å². The first-order valence-corrected chi connectivity index (χ1v) is 7.34. The van der Waals surface area contributed by atoms with Crippen molar-refractivity contribution in [2.75, 3.05) is 25.5 Å². The molecule has 1 aliphatic rings. The predicted molar refractivity (Wildman–Crippen MR) is 79.4 cm³/mol. The van der Waals surface area contributed by atoms with E-state index in [-0.39, 0.29) is 0 Å². The number of para-hydroxylation sites is 1. The third-order valence-corrected chi connectivity index (χ3v) is 4.18.